The molecule has 0 unspecified atom stereocenters. The molecule has 1 aliphatic carbocycles. The van der Waals surface area contributed by atoms with E-state index < -0.39 is 0 Å². The molecule has 0 bridgehead atoms. The Kier molecular flexibility index (Phi) is 4.80. The zero-order chi connectivity index (χ0) is 16.9. The van der Waals surface area contributed by atoms with Gasteiger partial charge in [0.25, 0.3) is 0 Å². The minimum absolute atomic E-state index is 0.962. The van der Waals surface area contributed by atoms with Crippen LogP contribution in [-0.2, 0) is 0 Å². The Balaban J connectivity index is 1.87. The van der Waals surface area contributed by atoms with Gasteiger partial charge in [-0.2, -0.15) is 5.10 Å². The number of para-hydroxylation sites is 1. The Labute approximate surface area is 144 Å². The van der Waals surface area contributed by atoms with Gasteiger partial charge >= 0.3 is 0 Å². The number of aryl methyl sites for hydroxylation is 1. The average Bonchev–Trinajstić information content (AvgIpc) is 3.07. The molecular formula is C21H23N3. The van der Waals surface area contributed by atoms with Crippen LogP contribution in [0.5, 0.6) is 0 Å². The third-order valence-corrected chi connectivity index (χ3v) is 4.21. The molecule has 3 rings (SSSR count). The summed E-state index contributed by atoms with van der Waals surface area (Å²) in [6, 6.07) is 16.6. The Morgan fingerprint density at radius 2 is 1.79 bits per heavy atom. The predicted octanol–water partition coefficient (Wildman–Crippen LogP) is 4.67. The molecule has 0 aromatic heterocycles. The van der Waals surface area contributed by atoms with Gasteiger partial charge in [-0.3, -0.25) is 5.43 Å². The standard InChI is InChI=1S/C21H23N3/c1-16-9-4-7-13-20(16)23-22-15-17-10-5-6-11-18(17)19-12-8-14-21(19)24(2)3/h4-11,13-15,23H,12H2,1-3H3. The first-order valence-electron chi connectivity index (χ1n) is 8.18. The van der Waals surface area contributed by atoms with Gasteiger partial charge in [-0.25, -0.2) is 0 Å². The van der Waals surface area contributed by atoms with Gasteiger partial charge in [0.2, 0.25) is 0 Å². The van der Waals surface area contributed by atoms with E-state index in [9.17, 15) is 0 Å². The van der Waals surface area contributed by atoms with Crippen molar-refractivity contribution in [3.63, 3.8) is 0 Å². The second-order valence-electron chi connectivity index (χ2n) is 6.14. The van der Waals surface area contributed by atoms with E-state index in [0.29, 0.717) is 0 Å². The number of hydrogen-bond acceptors (Lipinski definition) is 3. The minimum atomic E-state index is 0.962. The number of benzene rings is 2. The highest BCUT2D eigenvalue weighted by atomic mass is 15.3. The van der Waals surface area contributed by atoms with E-state index >= 15 is 0 Å². The summed E-state index contributed by atoms with van der Waals surface area (Å²) in [5.74, 6) is 0. The van der Waals surface area contributed by atoms with Gasteiger partial charge in [-0.15, -0.1) is 0 Å². The van der Waals surface area contributed by atoms with Crippen LogP contribution in [-0.4, -0.2) is 25.2 Å². The summed E-state index contributed by atoms with van der Waals surface area (Å²) in [4.78, 5) is 2.17. The van der Waals surface area contributed by atoms with Gasteiger partial charge in [-0.05, 0) is 42.2 Å². The van der Waals surface area contributed by atoms with Crippen molar-refractivity contribution in [3.05, 3.63) is 83.1 Å². The first-order chi connectivity index (χ1) is 11.7. The number of nitrogens with one attached hydrogen (secondary N) is 1. The Bertz CT molecular complexity index is 813. The van der Waals surface area contributed by atoms with Crippen LogP contribution in [0.15, 0.2) is 71.5 Å². The summed E-state index contributed by atoms with van der Waals surface area (Å²) in [6.45, 7) is 2.07. The van der Waals surface area contributed by atoms with Crippen LogP contribution in [0, 0.1) is 6.92 Å². The fourth-order valence-electron chi connectivity index (χ4n) is 2.91. The van der Waals surface area contributed by atoms with E-state index in [1.54, 1.807) is 0 Å². The average molecular weight is 317 g/mol. The molecule has 122 valence electrons. The molecule has 3 heteroatoms. The quantitative estimate of drug-likeness (QED) is 0.641. The fourth-order valence-corrected chi connectivity index (χ4v) is 2.91. The van der Waals surface area contributed by atoms with E-state index in [-0.39, 0.29) is 0 Å². The molecule has 0 atom stereocenters. The number of hydrazone groups is 1. The molecule has 2 aromatic rings. The number of anilines is 1. The molecule has 0 heterocycles. The smallest absolute Gasteiger partial charge is 0.0590 e. The summed E-state index contributed by atoms with van der Waals surface area (Å²) in [6.07, 6.45) is 7.27. The number of allylic oxidation sites excluding steroid dienone is 3. The van der Waals surface area contributed by atoms with Gasteiger partial charge in [0.1, 0.15) is 0 Å². The lowest BCUT2D eigenvalue weighted by atomic mass is 9.98. The van der Waals surface area contributed by atoms with Crippen molar-refractivity contribution in [1.82, 2.24) is 4.90 Å². The monoisotopic (exact) mass is 317 g/mol. The van der Waals surface area contributed by atoms with E-state index in [1.165, 1.54) is 22.4 Å². The van der Waals surface area contributed by atoms with Gasteiger partial charge in [-0.1, -0.05) is 48.5 Å². The maximum atomic E-state index is 4.44. The fraction of sp³-hybridized carbons (Fsp3) is 0.190. The minimum Gasteiger partial charge on any atom is -0.377 e. The lowest BCUT2D eigenvalue weighted by Crippen LogP contribution is -2.10. The van der Waals surface area contributed by atoms with Crippen molar-refractivity contribution in [3.8, 4) is 0 Å². The molecule has 24 heavy (non-hydrogen) atoms. The molecule has 0 radical (unpaired) electrons. The Morgan fingerprint density at radius 3 is 2.58 bits per heavy atom. The molecule has 0 spiro atoms. The zero-order valence-electron chi connectivity index (χ0n) is 14.5. The van der Waals surface area contributed by atoms with Crippen LogP contribution in [0.4, 0.5) is 5.69 Å². The first-order valence-corrected chi connectivity index (χ1v) is 8.18. The topological polar surface area (TPSA) is 27.6 Å². The lowest BCUT2D eigenvalue weighted by Gasteiger charge is -2.17. The molecule has 1 N–H and O–H groups in total. The third kappa shape index (κ3) is 3.40. The van der Waals surface area contributed by atoms with Gasteiger partial charge in [0.15, 0.2) is 0 Å². The molecule has 0 fully saturated rings. The summed E-state index contributed by atoms with van der Waals surface area (Å²) in [5.41, 5.74) is 10.3. The number of nitrogens with zero attached hydrogens (tertiary/aromatic N) is 2. The van der Waals surface area contributed by atoms with Crippen molar-refractivity contribution >= 4 is 17.5 Å². The maximum Gasteiger partial charge on any atom is 0.0590 e. The summed E-state index contributed by atoms with van der Waals surface area (Å²) >= 11 is 0. The summed E-state index contributed by atoms with van der Waals surface area (Å²) in [5, 5.41) is 4.44. The Morgan fingerprint density at radius 1 is 1.04 bits per heavy atom. The van der Waals surface area contributed by atoms with Crippen molar-refractivity contribution < 1.29 is 0 Å². The number of hydrogen-bond donors (Lipinski definition) is 1. The zero-order valence-corrected chi connectivity index (χ0v) is 14.5. The summed E-state index contributed by atoms with van der Waals surface area (Å²) < 4.78 is 0. The largest absolute Gasteiger partial charge is 0.377 e. The molecule has 1 aliphatic rings. The number of rotatable bonds is 5. The van der Waals surface area contributed by atoms with Crippen molar-refractivity contribution in [1.29, 1.82) is 0 Å². The van der Waals surface area contributed by atoms with Crippen LogP contribution in [0.3, 0.4) is 0 Å². The van der Waals surface area contributed by atoms with Crippen LogP contribution >= 0.6 is 0 Å². The highest BCUT2D eigenvalue weighted by Crippen LogP contribution is 2.31. The van der Waals surface area contributed by atoms with E-state index in [0.717, 1.165) is 17.7 Å². The normalized spacial score (nSPS) is 13.8. The molecule has 0 amide bonds. The SMILES string of the molecule is Cc1ccccc1NN=Cc1ccccc1C1=C(N(C)C)C=CC1. The highest BCUT2D eigenvalue weighted by Gasteiger charge is 2.15. The molecule has 3 nitrogen and oxygen atoms in total. The van der Waals surface area contributed by atoms with Gasteiger partial charge in [0, 0.05) is 25.4 Å². The first kappa shape index (κ1) is 16.1. The van der Waals surface area contributed by atoms with Crippen LogP contribution in [0.25, 0.3) is 5.57 Å². The summed E-state index contributed by atoms with van der Waals surface area (Å²) in [7, 11) is 4.17. The lowest BCUT2D eigenvalue weighted by molar-refractivity contribution is 0.533. The second-order valence-corrected chi connectivity index (χ2v) is 6.14. The molecule has 0 saturated heterocycles. The van der Waals surface area contributed by atoms with Crippen LogP contribution < -0.4 is 5.43 Å². The van der Waals surface area contributed by atoms with Crippen molar-refractivity contribution in [2.24, 2.45) is 5.10 Å². The van der Waals surface area contributed by atoms with Crippen molar-refractivity contribution in [2.45, 2.75) is 13.3 Å². The van der Waals surface area contributed by atoms with Crippen LogP contribution in [0.1, 0.15) is 23.1 Å². The van der Waals surface area contributed by atoms with E-state index in [1.807, 2.05) is 24.4 Å². The number of likely N-dealkylation sites (N-methyl/N-ethyl adjacent to an activating group) is 1. The predicted molar refractivity (Wildman–Crippen MR) is 103 cm³/mol. The second kappa shape index (κ2) is 7.18. The Hall–Kier alpha value is -2.81. The van der Waals surface area contributed by atoms with Crippen LogP contribution in [0.2, 0.25) is 0 Å². The third-order valence-electron chi connectivity index (χ3n) is 4.21. The van der Waals surface area contributed by atoms with E-state index in [2.05, 4.69) is 78.9 Å². The highest BCUT2D eigenvalue weighted by molar-refractivity contribution is 5.90. The van der Waals surface area contributed by atoms with Gasteiger partial charge < -0.3 is 4.90 Å². The molecule has 0 saturated carbocycles. The van der Waals surface area contributed by atoms with Crippen molar-refractivity contribution in [2.75, 3.05) is 19.5 Å². The maximum absolute atomic E-state index is 4.44. The van der Waals surface area contributed by atoms with Gasteiger partial charge in [0.05, 0.1) is 11.9 Å². The molecular weight excluding hydrogens is 294 g/mol. The molecule has 0 aliphatic heterocycles. The van der Waals surface area contributed by atoms with E-state index in [4.69, 9.17) is 0 Å². The molecule has 2 aromatic carbocycles.